The standard InChI is InChI=1S/C21H27N7OS/c1-6-30-21-24-20-22-14(4)17(19(29)23-16-10-8-7-9-12(16)2)18(28(20)26-21)15-11-27(5)25-13(15)3/h7-11,14,17-18H,6H2,1-5H3,(H,23,29)(H,22,24,26)/t14-,17-,18-/m1/s1. The second kappa shape index (κ2) is 8.14. The molecule has 1 aromatic carbocycles. The molecule has 0 saturated heterocycles. The molecule has 9 heteroatoms. The van der Waals surface area contributed by atoms with Gasteiger partial charge in [0, 0.05) is 30.5 Å². The van der Waals surface area contributed by atoms with Crippen molar-refractivity contribution in [3.8, 4) is 0 Å². The third-order valence-electron chi connectivity index (χ3n) is 5.46. The van der Waals surface area contributed by atoms with E-state index >= 15 is 0 Å². The Bertz CT molecular complexity index is 1070. The Balaban J connectivity index is 1.78. The Morgan fingerprint density at radius 3 is 2.70 bits per heavy atom. The van der Waals surface area contributed by atoms with E-state index in [1.54, 1.807) is 16.4 Å². The number of aromatic nitrogens is 5. The number of nitrogens with one attached hydrogen (secondary N) is 2. The van der Waals surface area contributed by atoms with Gasteiger partial charge >= 0.3 is 0 Å². The molecule has 1 aliphatic heterocycles. The lowest BCUT2D eigenvalue weighted by Gasteiger charge is -2.36. The fourth-order valence-corrected chi connectivity index (χ4v) is 4.59. The maximum absolute atomic E-state index is 13.5. The van der Waals surface area contributed by atoms with Crippen molar-refractivity contribution in [2.45, 2.75) is 44.9 Å². The number of hydrogen-bond donors (Lipinski definition) is 2. The number of rotatable bonds is 5. The summed E-state index contributed by atoms with van der Waals surface area (Å²) in [6.45, 7) is 8.05. The van der Waals surface area contributed by atoms with Crippen LogP contribution < -0.4 is 10.6 Å². The van der Waals surface area contributed by atoms with Gasteiger partial charge in [0.25, 0.3) is 0 Å². The zero-order valence-electron chi connectivity index (χ0n) is 17.9. The molecule has 3 atom stereocenters. The van der Waals surface area contributed by atoms with Crippen molar-refractivity contribution in [2.75, 3.05) is 16.4 Å². The molecule has 0 fully saturated rings. The van der Waals surface area contributed by atoms with E-state index in [0.717, 1.165) is 28.3 Å². The van der Waals surface area contributed by atoms with Crippen LogP contribution in [-0.4, -0.2) is 42.2 Å². The van der Waals surface area contributed by atoms with Crippen LogP contribution >= 0.6 is 11.8 Å². The summed E-state index contributed by atoms with van der Waals surface area (Å²) in [7, 11) is 1.89. The number of thioether (sulfide) groups is 1. The number of amides is 1. The molecular formula is C21H27N7OS. The molecule has 0 saturated carbocycles. The number of carbonyl (C=O) groups is 1. The van der Waals surface area contributed by atoms with Gasteiger partial charge in [-0.05, 0) is 38.2 Å². The molecule has 0 spiro atoms. The molecular weight excluding hydrogens is 398 g/mol. The molecule has 1 amide bonds. The van der Waals surface area contributed by atoms with Gasteiger partial charge < -0.3 is 10.6 Å². The first-order valence-corrected chi connectivity index (χ1v) is 11.1. The number of hydrogen-bond acceptors (Lipinski definition) is 6. The normalized spacial score (nSPS) is 20.5. The van der Waals surface area contributed by atoms with Crippen LogP contribution in [0.25, 0.3) is 0 Å². The fraction of sp³-hybridized carbons (Fsp3) is 0.429. The number of benzene rings is 1. The minimum absolute atomic E-state index is 0.0524. The number of anilines is 2. The minimum Gasteiger partial charge on any atom is -0.351 e. The third kappa shape index (κ3) is 3.69. The van der Waals surface area contributed by atoms with Crippen LogP contribution in [0.15, 0.2) is 35.6 Å². The summed E-state index contributed by atoms with van der Waals surface area (Å²) < 4.78 is 3.64. The molecule has 2 aromatic heterocycles. The number of aryl methyl sites for hydroxylation is 3. The third-order valence-corrected chi connectivity index (χ3v) is 6.18. The Kier molecular flexibility index (Phi) is 5.55. The summed E-state index contributed by atoms with van der Waals surface area (Å²) in [5.74, 6) is 1.13. The molecule has 0 unspecified atom stereocenters. The van der Waals surface area contributed by atoms with E-state index in [1.807, 2.05) is 63.0 Å². The lowest BCUT2D eigenvalue weighted by Crippen LogP contribution is -2.46. The smallest absolute Gasteiger partial charge is 0.232 e. The topological polar surface area (TPSA) is 89.7 Å². The Morgan fingerprint density at radius 1 is 1.27 bits per heavy atom. The Morgan fingerprint density at radius 2 is 2.03 bits per heavy atom. The molecule has 8 nitrogen and oxygen atoms in total. The highest BCUT2D eigenvalue weighted by molar-refractivity contribution is 7.99. The molecule has 2 N–H and O–H groups in total. The van der Waals surface area contributed by atoms with Gasteiger partial charge in [0.05, 0.1) is 17.7 Å². The van der Waals surface area contributed by atoms with E-state index in [2.05, 4.69) is 27.6 Å². The highest BCUT2D eigenvalue weighted by Gasteiger charge is 2.43. The van der Waals surface area contributed by atoms with Crippen molar-refractivity contribution in [1.29, 1.82) is 0 Å². The van der Waals surface area contributed by atoms with Gasteiger partial charge in [0.15, 0.2) is 0 Å². The van der Waals surface area contributed by atoms with E-state index in [4.69, 9.17) is 5.10 Å². The number of nitrogens with zero attached hydrogens (tertiary/aromatic N) is 5. The van der Waals surface area contributed by atoms with Crippen LogP contribution in [0.4, 0.5) is 11.6 Å². The Labute approximate surface area is 180 Å². The highest BCUT2D eigenvalue weighted by atomic mass is 32.2. The molecule has 3 aromatic rings. The van der Waals surface area contributed by atoms with Crippen LogP contribution in [0.3, 0.4) is 0 Å². The highest BCUT2D eigenvalue weighted by Crippen LogP contribution is 2.38. The van der Waals surface area contributed by atoms with Gasteiger partial charge in [-0.3, -0.25) is 9.48 Å². The second-order valence-electron chi connectivity index (χ2n) is 7.65. The van der Waals surface area contributed by atoms with Gasteiger partial charge in [0.1, 0.15) is 0 Å². The van der Waals surface area contributed by atoms with E-state index < -0.39 is 0 Å². The summed E-state index contributed by atoms with van der Waals surface area (Å²) in [4.78, 5) is 18.2. The first kappa shape index (κ1) is 20.5. The molecule has 0 bridgehead atoms. The van der Waals surface area contributed by atoms with E-state index in [9.17, 15) is 4.79 Å². The predicted molar refractivity (Wildman–Crippen MR) is 119 cm³/mol. The largest absolute Gasteiger partial charge is 0.351 e. The quantitative estimate of drug-likeness (QED) is 0.609. The van der Waals surface area contributed by atoms with Gasteiger partial charge in [-0.2, -0.15) is 10.1 Å². The van der Waals surface area contributed by atoms with Crippen molar-refractivity contribution in [3.05, 3.63) is 47.3 Å². The maximum atomic E-state index is 13.5. The van der Waals surface area contributed by atoms with Crippen LogP contribution in [0.2, 0.25) is 0 Å². The van der Waals surface area contributed by atoms with Crippen molar-refractivity contribution < 1.29 is 4.79 Å². The van der Waals surface area contributed by atoms with E-state index in [1.165, 1.54) is 0 Å². The Hall–Kier alpha value is -2.81. The van der Waals surface area contributed by atoms with Crippen LogP contribution in [0.1, 0.15) is 36.7 Å². The van der Waals surface area contributed by atoms with E-state index in [-0.39, 0.29) is 23.9 Å². The first-order chi connectivity index (χ1) is 14.4. The minimum atomic E-state index is -0.388. The monoisotopic (exact) mass is 425 g/mol. The summed E-state index contributed by atoms with van der Waals surface area (Å²) in [6, 6.07) is 7.38. The van der Waals surface area contributed by atoms with Gasteiger partial charge in [-0.15, -0.1) is 5.10 Å². The summed E-state index contributed by atoms with van der Waals surface area (Å²) >= 11 is 1.59. The molecule has 1 aliphatic rings. The lowest BCUT2D eigenvalue weighted by atomic mass is 9.85. The predicted octanol–water partition coefficient (Wildman–Crippen LogP) is 3.40. The lowest BCUT2D eigenvalue weighted by molar-refractivity contribution is -0.121. The van der Waals surface area contributed by atoms with E-state index in [0.29, 0.717) is 11.1 Å². The average molecular weight is 426 g/mol. The van der Waals surface area contributed by atoms with Crippen molar-refractivity contribution in [1.82, 2.24) is 24.5 Å². The van der Waals surface area contributed by atoms with Gasteiger partial charge in [0.2, 0.25) is 17.0 Å². The number of para-hydroxylation sites is 1. The van der Waals surface area contributed by atoms with Gasteiger partial charge in [-0.1, -0.05) is 36.9 Å². The second-order valence-corrected chi connectivity index (χ2v) is 8.88. The molecule has 30 heavy (non-hydrogen) atoms. The SMILES string of the molecule is CCSc1nc2n(n1)[C@H](c1cn(C)nc1C)[C@H](C(=O)Nc1ccccc1C)[C@@H](C)N2. The molecule has 0 aliphatic carbocycles. The summed E-state index contributed by atoms with van der Waals surface area (Å²) in [5, 5.41) is 16.5. The zero-order chi connectivity index (χ0) is 21.4. The van der Waals surface area contributed by atoms with Crippen LogP contribution in [0.5, 0.6) is 0 Å². The van der Waals surface area contributed by atoms with Crippen molar-refractivity contribution >= 4 is 29.3 Å². The van der Waals surface area contributed by atoms with Crippen LogP contribution in [-0.2, 0) is 11.8 Å². The van der Waals surface area contributed by atoms with Crippen molar-refractivity contribution in [2.24, 2.45) is 13.0 Å². The average Bonchev–Trinajstić information content (AvgIpc) is 3.24. The maximum Gasteiger partial charge on any atom is 0.232 e. The van der Waals surface area contributed by atoms with Crippen LogP contribution in [0, 0.1) is 19.8 Å². The fourth-order valence-electron chi connectivity index (χ4n) is 4.04. The van der Waals surface area contributed by atoms with Crippen molar-refractivity contribution in [3.63, 3.8) is 0 Å². The molecule has 0 radical (unpaired) electrons. The first-order valence-electron chi connectivity index (χ1n) is 10.1. The van der Waals surface area contributed by atoms with Gasteiger partial charge in [-0.25, -0.2) is 4.68 Å². The number of carbonyl (C=O) groups excluding carboxylic acids is 1. The summed E-state index contributed by atoms with van der Waals surface area (Å²) in [5.41, 5.74) is 3.72. The molecule has 4 rings (SSSR count). The molecule has 3 heterocycles. The zero-order valence-corrected chi connectivity index (χ0v) is 18.7. The summed E-state index contributed by atoms with van der Waals surface area (Å²) in [6.07, 6.45) is 1.98. The molecule has 158 valence electrons. The number of fused-ring (bicyclic) bond motifs is 1.